The number of nitrogens with one attached hydrogen (secondary N) is 1. The zero-order valence-corrected chi connectivity index (χ0v) is 13.9. The summed E-state index contributed by atoms with van der Waals surface area (Å²) in [6, 6.07) is 1.88. The Balaban J connectivity index is 1.94. The predicted molar refractivity (Wildman–Crippen MR) is 85.3 cm³/mol. The lowest BCUT2D eigenvalue weighted by molar-refractivity contribution is 0.0730. The third-order valence-corrected chi connectivity index (χ3v) is 4.22. The highest BCUT2D eigenvalue weighted by atomic mass is 16.5. The highest BCUT2D eigenvalue weighted by Gasteiger charge is 2.34. The van der Waals surface area contributed by atoms with Crippen LogP contribution < -0.4 is 5.32 Å². The maximum atomic E-state index is 12.9. The third-order valence-electron chi connectivity index (χ3n) is 4.22. The summed E-state index contributed by atoms with van der Waals surface area (Å²) >= 11 is 0. The standard InChI is InChI=1S/C16H21N5O2/c1-9-15(10(2)23-20-9)16(22)21-7-5-6-13(21)12-8-14(17-4)19-11(3)18-12/h8,13H,5-7H2,1-4H3,(H,17,18,19)/t13-/m0/s1. The Morgan fingerprint density at radius 3 is 2.78 bits per heavy atom. The number of aromatic nitrogens is 3. The van der Waals surface area contributed by atoms with Crippen molar-refractivity contribution in [3.8, 4) is 0 Å². The van der Waals surface area contributed by atoms with Gasteiger partial charge in [-0.15, -0.1) is 0 Å². The second-order valence-electron chi connectivity index (χ2n) is 5.83. The second-order valence-corrected chi connectivity index (χ2v) is 5.83. The van der Waals surface area contributed by atoms with Crippen LogP contribution >= 0.6 is 0 Å². The lowest BCUT2D eigenvalue weighted by Gasteiger charge is -2.24. The second kappa shape index (κ2) is 5.98. The Bertz CT molecular complexity index is 721. The Morgan fingerprint density at radius 1 is 1.35 bits per heavy atom. The average molecular weight is 315 g/mol. The Kier molecular flexibility index (Phi) is 4.02. The van der Waals surface area contributed by atoms with Crippen molar-refractivity contribution in [1.29, 1.82) is 0 Å². The Hall–Kier alpha value is -2.44. The Labute approximate surface area is 135 Å². The number of hydrogen-bond donors (Lipinski definition) is 1. The van der Waals surface area contributed by atoms with Gasteiger partial charge in [0.25, 0.3) is 5.91 Å². The van der Waals surface area contributed by atoms with Gasteiger partial charge < -0.3 is 14.7 Å². The van der Waals surface area contributed by atoms with Gasteiger partial charge in [0.2, 0.25) is 0 Å². The molecule has 3 rings (SSSR count). The first-order valence-corrected chi connectivity index (χ1v) is 7.78. The molecule has 1 saturated heterocycles. The molecule has 0 aliphatic carbocycles. The van der Waals surface area contributed by atoms with Crippen LogP contribution in [0.15, 0.2) is 10.6 Å². The lowest BCUT2D eigenvalue weighted by atomic mass is 10.1. The van der Waals surface area contributed by atoms with Crippen LogP contribution in [0.1, 0.15) is 52.2 Å². The van der Waals surface area contributed by atoms with Crippen LogP contribution in [0.2, 0.25) is 0 Å². The minimum absolute atomic E-state index is 0.0361. The Morgan fingerprint density at radius 2 is 2.13 bits per heavy atom. The van der Waals surface area contributed by atoms with Crippen molar-refractivity contribution < 1.29 is 9.32 Å². The van der Waals surface area contributed by atoms with Crippen molar-refractivity contribution in [2.24, 2.45) is 0 Å². The van der Waals surface area contributed by atoms with Crippen molar-refractivity contribution in [2.75, 3.05) is 18.9 Å². The zero-order valence-electron chi connectivity index (χ0n) is 13.9. The van der Waals surface area contributed by atoms with Gasteiger partial charge in [-0.05, 0) is 33.6 Å². The third kappa shape index (κ3) is 2.78. The molecule has 1 fully saturated rings. The number of carbonyl (C=O) groups excluding carboxylic acids is 1. The quantitative estimate of drug-likeness (QED) is 0.936. The molecule has 0 radical (unpaired) electrons. The van der Waals surface area contributed by atoms with E-state index in [0.29, 0.717) is 29.4 Å². The van der Waals surface area contributed by atoms with Crippen LogP contribution in [0.25, 0.3) is 0 Å². The molecule has 2 aromatic rings. The molecule has 2 aromatic heterocycles. The first-order chi connectivity index (χ1) is 11.0. The number of rotatable bonds is 3. The summed E-state index contributed by atoms with van der Waals surface area (Å²) in [6.45, 7) is 6.14. The fourth-order valence-corrected chi connectivity index (χ4v) is 3.14. The van der Waals surface area contributed by atoms with E-state index >= 15 is 0 Å². The van der Waals surface area contributed by atoms with E-state index < -0.39 is 0 Å². The molecule has 1 amide bonds. The molecule has 1 aliphatic heterocycles. The van der Waals surface area contributed by atoms with Crippen LogP contribution in [-0.4, -0.2) is 39.5 Å². The van der Waals surface area contributed by atoms with Crippen LogP contribution in [0.4, 0.5) is 5.82 Å². The molecule has 3 heterocycles. The largest absolute Gasteiger partial charge is 0.373 e. The maximum absolute atomic E-state index is 12.9. The van der Waals surface area contributed by atoms with Gasteiger partial charge in [-0.25, -0.2) is 9.97 Å². The van der Waals surface area contributed by atoms with Gasteiger partial charge in [0.1, 0.15) is 23.0 Å². The van der Waals surface area contributed by atoms with E-state index in [2.05, 4.69) is 20.4 Å². The number of carbonyl (C=O) groups is 1. The summed E-state index contributed by atoms with van der Waals surface area (Å²) in [5.74, 6) is 1.99. The zero-order chi connectivity index (χ0) is 16.6. The molecular weight excluding hydrogens is 294 g/mol. The molecule has 0 saturated carbocycles. The molecule has 7 nitrogen and oxygen atoms in total. The number of likely N-dealkylation sites (tertiary alicyclic amines) is 1. The lowest BCUT2D eigenvalue weighted by Crippen LogP contribution is -2.31. The van der Waals surface area contributed by atoms with Crippen LogP contribution in [0.3, 0.4) is 0 Å². The molecule has 1 atom stereocenters. The number of hydrogen-bond acceptors (Lipinski definition) is 6. The predicted octanol–water partition coefficient (Wildman–Crippen LogP) is 2.41. The topological polar surface area (TPSA) is 84.2 Å². The first kappa shape index (κ1) is 15.5. The van der Waals surface area contributed by atoms with Crippen molar-refractivity contribution in [3.05, 3.63) is 34.6 Å². The monoisotopic (exact) mass is 315 g/mol. The SMILES string of the molecule is CNc1cc([C@@H]2CCCN2C(=O)c2c(C)noc2C)nc(C)n1. The molecule has 0 spiro atoms. The van der Waals surface area contributed by atoms with Gasteiger partial charge in [0.05, 0.1) is 17.4 Å². The van der Waals surface area contributed by atoms with Gasteiger partial charge >= 0.3 is 0 Å². The van der Waals surface area contributed by atoms with Crippen molar-refractivity contribution in [2.45, 2.75) is 39.7 Å². The molecule has 122 valence electrons. The number of nitrogens with zero attached hydrogens (tertiary/aromatic N) is 4. The summed E-state index contributed by atoms with van der Waals surface area (Å²) < 4.78 is 5.14. The maximum Gasteiger partial charge on any atom is 0.259 e. The minimum Gasteiger partial charge on any atom is -0.373 e. The molecule has 1 N–H and O–H groups in total. The van der Waals surface area contributed by atoms with E-state index in [-0.39, 0.29) is 11.9 Å². The smallest absolute Gasteiger partial charge is 0.259 e. The number of aryl methyl sites for hydroxylation is 3. The minimum atomic E-state index is -0.0370. The molecule has 7 heteroatoms. The van der Waals surface area contributed by atoms with E-state index in [1.165, 1.54) is 0 Å². The molecule has 0 bridgehead atoms. The van der Waals surface area contributed by atoms with E-state index in [1.807, 2.05) is 24.9 Å². The van der Waals surface area contributed by atoms with Crippen LogP contribution in [0.5, 0.6) is 0 Å². The fourth-order valence-electron chi connectivity index (χ4n) is 3.14. The van der Waals surface area contributed by atoms with E-state index in [9.17, 15) is 4.79 Å². The number of amides is 1. The van der Waals surface area contributed by atoms with Gasteiger partial charge in [-0.1, -0.05) is 5.16 Å². The molecule has 0 unspecified atom stereocenters. The molecular formula is C16H21N5O2. The normalized spacial score (nSPS) is 17.6. The van der Waals surface area contributed by atoms with Crippen molar-refractivity contribution in [3.63, 3.8) is 0 Å². The molecule has 1 aliphatic rings. The van der Waals surface area contributed by atoms with Gasteiger partial charge in [-0.3, -0.25) is 4.79 Å². The number of anilines is 1. The average Bonchev–Trinajstić information content (AvgIpc) is 3.13. The molecule has 23 heavy (non-hydrogen) atoms. The first-order valence-electron chi connectivity index (χ1n) is 7.78. The van der Waals surface area contributed by atoms with Crippen molar-refractivity contribution >= 4 is 11.7 Å². The summed E-state index contributed by atoms with van der Waals surface area (Å²) in [7, 11) is 1.83. The van der Waals surface area contributed by atoms with Crippen molar-refractivity contribution in [1.82, 2.24) is 20.0 Å². The highest BCUT2D eigenvalue weighted by Crippen LogP contribution is 2.33. The van der Waals surface area contributed by atoms with E-state index in [0.717, 1.165) is 24.4 Å². The molecule has 0 aromatic carbocycles. The summed E-state index contributed by atoms with van der Waals surface area (Å²) in [5, 5.41) is 6.93. The summed E-state index contributed by atoms with van der Waals surface area (Å²) in [4.78, 5) is 23.7. The highest BCUT2D eigenvalue weighted by molar-refractivity contribution is 5.96. The van der Waals surface area contributed by atoms with E-state index in [1.54, 1.807) is 13.8 Å². The van der Waals surface area contributed by atoms with Gasteiger partial charge in [-0.2, -0.15) is 0 Å². The fraction of sp³-hybridized carbons (Fsp3) is 0.500. The summed E-state index contributed by atoms with van der Waals surface area (Å²) in [6.07, 6.45) is 1.85. The van der Waals surface area contributed by atoms with Crippen LogP contribution in [0, 0.1) is 20.8 Å². The van der Waals surface area contributed by atoms with Gasteiger partial charge in [0.15, 0.2) is 0 Å². The van der Waals surface area contributed by atoms with Crippen LogP contribution in [-0.2, 0) is 0 Å². The summed E-state index contributed by atoms with van der Waals surface area (Å²) in [5.41, 5.74) is 2.07. The van der Waals surface area contributed by atoms with E-state index in [4.69, 9.17) is 4.52 Å². The van der Waals surface area contributed by atoms with Gasteiger partial charge in [0, 0.05) is 19.7 Å².